The van der Waals surface area contributed by atoms with Gasteiger partial charge in [0.05, 0.1) is 11.5 Å². The Kier molecular flexibility index (Phi) is 3.83. The van der Waals surface area contributed by atoms with Crippen LogP contribution in [-0.4, -0.2) is 11.5 Å². The largest absolute Gasteiger partial charge is 0.493 e. The van der Waals surface area contributed by atoms with Crippen LogP contribution in [0.1, 0.15) is 23.6 Å². The second-order valence-electron chi connectivity index (χ2n) is 5.04. The lowest BCUT2D eigenvalue weighted by molar-refractivity contribution is -0.384. The molecule has 1 N–H and O–H groups in total. The molecular weight excluding hydrogens is 268 g/mol. The molecule has 0 fully saturated rings. The number of para-hydroxylation sites is 1. The van der Waals surface area contributed by atoms with Gasteiger partial charge in [-0.05, 0) is 11.6 Å². The van der Waals surface area contributed by atoms with Crippen molar-refractivity contribution in [3.63, 3.8) is 0 Å². The van der Waals surface area contributed by atoms with Crippen LogP contribution in [0.4, 0.5) is 5.69 Å². The number of non-ortho nitro benzene ring substituents is 1. The molecule has 2 aromatic carbocycles. The maximum absolute atomic E-state index is 10.8. The van der Waals surface area contributed by atoms with Crippen molar-refractivity contribution < 1.29 is 9.66 Å². The van der Waals surface area contributed by atoms with Crippen molar-refractivity contribution in [2.45, 2.75) is 19.0 Å². The number of nitrogens with zero attached hydrogens (tertiary/aromatic N) is 1. The first-order valence-corrected chi connectivity index (χ1v) is 6.92. The molecule has 1 aliphatic heterocycles. The van der Waals surface area contributed by atoms with Crippen LogP contribution in [0.5, 0.6) is 5.75 Å². The molecular formula is C16H16N2O3. The summed E-state index contributed by atoms with van der Waals surface area (Å²) >= 11 is 0. The number of hydrogen-bond donors (Lipinski definition) is 1. The van der Waals surface area contributed by atoms with Gasteiger partial charge in [-0.15, -0.1) is 0 Å². The van der Waals surface area contributed by atoms with Gasteiger partial charge >= 0.3 is 0 Å². The fraction of sp³-hybridized carbons (Fsp3) is 0.250. The van der Waals surface area contributed by atoms with Gasteiger partial charge in [0.1, 0.15) is 5.75 Å². The number of nitro benzene ring substituents is 1. The molecule has 0 saturated carbocycles. The Morgan fingerprint density at radius 2 is 2.10 bits per heavy atom. The highest BCUT2D eigenvalue weighted by atomic mass is 16.6. The van der Waals surface area contributed by atoms with Crippen LogP contribution < -0.4 is 10.1 Å². The summed E-state index contributed by atoms with van der Waals surface area (Å²) in [6.07, 6.45) is 0.895. The Hall–Kier alpha value is -2.40. The van der Waals surface area contributed by atoms with Crippen molar-refractivity contribution in [2.75, 3.05) is 6.61 Å². The minimum atomic E-state index is -0.368. The van der Waals surface area contributed by atoms with Gasteiger partial charge in [0, 0.05) is 36.7 Å². The molecule has 3 rings (SSSR count). The van der Waals surface area contributed by atoms with Gasteiger partial charge in [0.25, 0.3) is 5.69 Å². The van der Waals surface area contributed by atoms with Crippen molar-refractivity contribution in [3.8, 4) is 5.75 Å². The average Bonchev–Trinajstić information content (AvgIpc) is 2.53. The van der Waals surface area contributed by atoms with Crippen LogP contribution in [0.2, 0.25) is 0 Å². The highest BCUT2D eigenvalue weighted by Gasteiger charge is 2.20. The fourth-order valence-corrected chi connectivity index (χ4v) is 2.58. The predicted molar refractivity (Wildman–Crippen MR) is 79.2 cm³/mol. The van der Waals surface area contributed by atoms with E-state index in [4.69, 9.17) is 4.74 Å². The van der Waals surface area contributed by atoms with E-state index >= 15 is 0 Å². The van der Waals surface area contributed by atoms with Crippen LogP contribution in [-0.2, 0) is 6.54 Å². The Morgan fingerprint density at radius 1 is 1.24 bits per heavy atom. The Balaban J connectivity index is 1.71. The Bertz CT molecular complexity index is 657. The molecule has 0 radical (unpaired) electrons. The number of ether oxygens (including phenoxy) is 1. The van der Waals surface area contributed by atoms with Crippen LogP contribution in [0, 0.1) is 10.1 Å². The standard InChI is InChI=1S/C16H16N2O3/c19-18(20)13-5-3-4-12(10-13)11-17-15-8-9-21-16-7-2-1-6-14(15)16/h1-7,10,15,17H,8-9,11H2. The van der Waals surface area contributed by atoms with E-state index in [2.05, 4.69) is 11.4 Å². The van der Waals surface area contributed by atoms with Crippen molar-refractivity contribution in [1.29, 1.82) is 0 Å². The van der Waals surface area contributed by atoms with Gasteiger partial charge in [0.2, 0.25) is 0 Å². The molecule has 1 atom stereocenters. The third-order valence-corrected chi connectivity index (χ3v) is 3.63. The third-order valence-electron chi connectivity index (χ3n) is 3.63. The van der Waals surface area contributed by atoms with Crippen LogP contribution in [0.25, 0.3) is 0 Å². The van der Waals surface area contributed by atoms with E-state index in [1.54, 1.807) is 12.1 Å². The van der Waals surface area contributed by atoms with Gasteiger partial charge in [-0.1, -0.05) is 30.3 Å². The number of rotatable bonds is 4. The highest BCUT2D eigenvalue weighted by molar-refractivity contribution is 5.38. The summed E-state index contributed by atoms with van der Waals surface area (Å²) in [4.78, 5) is 10.4. The first-order valence-electron chi connectivity index (χ1n) is 6.92. The zero-order valence-corrected chi connectivity index (χ0v) is 11.5. The van der Waals surface area contributed by atoms with Gasteiger partial charge in [-0.2, -0.15) is 0 Å². The molecule has 1 heterocycles. The van der Waals surface area contributed by atoms with Crippen molar-refractivity contribution in [3.05, 3.63) is 69.8 Å². The van der Waals surface area contributed by atoms with Crippen LogP contribution in [0.3, 0.4) is 0 Å². The SMILES string of the molecule is O=[N+]([O-])c1cccc(CNC2CCOc3ccccc32)c1. The second-order valence-corrected chi connectivity index (χ2v) is 5.04. The van der Waals surface area contributed by atoms with E-state index in [9.17, 15) is 10.1 Å². The van der Waals surface area contributed by atoms with E-state index < -0.39 is 0 Å². The highest BCUT2D eigenvalue weighted by Crippen LogP contribution is 2.31. The summed E-state index contributed by atoms with van der Waals surface area (Å²) in [5.74, 6) is 0.917. The Morgan fingerprint density at radius 3 is 2.95 bits per heavy atom. The first-order chi connectivity index (χ1) is 10.2. The smallest absolute Gasteiger partial charge is 0.269 e. The molecule has 0 amide bonds. The number of benzene rings is 2. The quantitative estimate of drug-likeness (QED) is 0.691. The average molecular weight is 284 g/mol. The number of fused-ring (bicyclic) bond motifs is 1. The van der Waals surface area contributed by atoms with E-state index in [1.807, 2.05) is 24.3 Å². The van der Waals surface area contributed by atoms with Crippen molar-refractivity contribution in [1.82, 2.24) is 5.32 Å². The van der Waals surface area contributed by atoms with Crippen LogP contribution in [0.15, 0.2) is 48.5 Å². The number of hydrogen-bond acceptors (Lipinski definition) is 4. The number of nitrogens with one attached hydrogen (secondary N) is 1. The van der Waals surface area contributed by atoms with Crippen LogP contribution >= 0.6 is 0 Å². The molecule has 108 valence electrons. The lowest BCUT2D eigenvalue weighted by Gasteiger charge is -2.26. The van der Waals surface area contributed by atoms with Gasteiger partial charge in [0.15, 0.2) is 0 Å². The molecule has 0 spiro atoms. The molecule has 0 bridgehead atoms. The molecule has 21 heavy (non-hydrogen) atoms. The molecule has 5 nitrogen and oxygen atoms in total. The van der Waals surface area contributed by atoms with E-state index in [0.717, 1.165) is 23.3 Å². The molecule has 1 unspecified atom stereocenters. The molecule has 1 aliphatic rings. The van der Waals surface area contributed by atoms with Crippen molar-refractivity contribution in [2.24, 2.45) is 0 Å². The van der Waals surface area contributed by atoms with Crippen molar-refractivity contribution >= 4 is 5.69 Å². The van der Waals surface area contributed by atoms with E-state index in [0.29, 0.717) is 13.2 Å². The van der Waals surface area contributed by atoms with Gasteiger partial charge in [-0.25, -0.2) is 0 Å². The summed E-state index contributed by atoms with van der Waals surface area (Å²) in [5, 5.41) is 14.2. The molecule has 0 aliphatic carbocycles. The normalized spacial score (nSPS) is 16.9. The Labute approximate surface area is 122 Å². The first kappa shape index (κ1) is 13.6. The maximum atomic E-state index is 10.8. The monoisotopic (exact) mass is 284 g/mol. The van der Waals surface area contributed by atoms with E-state index in [1.165, 1.54) is 6.07 Å². The summed E-state index contributed by atoms with van der Waals surface area (Å²) in [6.45, 7) is 1.28. The third kappa shape index (κ3) is 3.03. The second kappa shape index (κ2) is 5.93. The zero-order chi connectivity index (χ0) is 14.7. The summed E-state index contributed by atoms with van der Waals surface area (Å²) < 4.78 is 5.63. The molecule has 5 heteroatoms. The van der Waals surface area contributed by atoms with E-state index in [-0.39, 0.29) is 16.7 Å². The molecule has 2 aromatic rings. The summed E-state index contributed by atoms with van der Waals surface area (Å²) in [5.41, 5.74) is 2.18. The lowest BCUT2D eigenvalue weighted by atomic mass is 10.0. The molecule has 0 saturated heterocycles. The zero-order valence-electron chi connectivity index (χ0n) is 11.5. The number of nitro groups is 1. The maximum Gasteiger partial charge on any atom is 0.269 e. The summed E-state index contributed by atoms with van der Waals surface area (Å²) in [6, 6.07) is 14.9. The van der Waals surface area contributed by atoms with Gasteiger partial charge in [-0.3, -0.25) is 10.1 Å². The van der Waals surface area contributed by atoms with Gasteiger partial charge < -0.3 is 10.1 Å². The summed E-state index contributed by atoms with van der Waals surface area (Å²) in [7, 11) is 0. The minimum Gasteiger partial charge on any atom is -0.493 e. The molecule has 0 aromatic heterocycles. The minimum absolute atomic E-state index is 0.127. The fourth-order valence-electron chi connectivity index (χ4n) is 2.58. The predicted octanol–water partition coefficient (Wildman–Crippen LogP) is 3.21. The lowest BCUT2D eigenvalue weighted by Crippen LogP contribution is -2.26. The topological polar surface area (TPSA) is 64.4 Å².